The molecule has 82 valence electrons. The fourth-order valence-corrected chi connectivity index (χ4v) is 1.71. The molecule has 1 fully saturated rings. The molecule has 1 saturated carbocycles. The molecule has 0 atom stereocenters. The average Bonchev–Trinajstić information content (AvgIpc) is 2.76. The topological polar surface area (TPSA) is 42.2 Å². The summed E-state index contributed by atoms with van der Waals surface area (Å²) in [6.45, 7) is 0. The first-order valence-electron chi connectivity index (χ1n) is 4.36. The lowest BCUT2D eigenvalue weighted by molar-refractivity contribution is -0.180. The lowest BCUT2D eigenvalue weighted by Crippen LogP contribution is -2.36. The Morgan fingerprint density at radius 1 is 1.47 bits per heavy atom. The molecule has 0 unspecified atom stereocenters. The fraction of sp³-hybridized carbons (Fsp3) is 0.444. The quantitative estimate of drug-likeness (QED) is 0.828. The zero-order valence-corrected chi connectivity index (χ0v) is 7.58. The van der Waals surface area contributed by atoms with Crippen LogP contribution in [-0.4, -0.2) is 21.8 Å². The van der Waals surface area contributed by atoms with Gasteiger partial charge in [-0.3, -0.25) is 0 Å². The van der Waals surface area contributed by atoms with Gasteiger partial charge in [-0.2, -0.15) is 13.2 Å². The van der Waals surface area contributed by atoms with Crippen LogP contribution in [0, 0.1) is 0 Å². The van der Waals surface area contributed by atoms with Crippen molar-refractivity contribution >= 4 is 5.97 Å². The maximum Gasteiger partial charge on any atom is 0.411 e. The molecule has 1 aromatic rings. The maximum absolute atomic E-state index is 12.7. The van der Waals surface area contributed by atoms with Crippen molar-refractivity contribution in [3.8, 4) is 0 Å². The normalized spacial score (nSPS) is 18.9. The SMILES string of the molecule is O=C(O)c1cccn1C1(C(F)(F)F)CC1. The number of alkyl halides is 3. The van der Waals surface area contributed by atoms with E-state index in [1.807, 2.05) is 0 Å². The van der Waals surface area contributed by atoms with Crippen molar-refractivity contribution in [1.29, 1.82) is 0 Å². The maximum atomic E-state index is 12.7. The van der Waals surface area contributed by atoms with Crippen molar-refractivity contribution in [3.05, 3.63) is 24.0 Å². The Labute approximate surface area is 83.1 Å². The van der Waals surface area contributed by atoms with E-state index in [0.717, 1.165) is 4.57 Å². The van der Waals surface area contributed by atoms with Gasteiger partial charge in [-0.25, -0.2) is 4.79 Å². The summed E-state index contributed by atoms with van der Waals surface area (Å²) < 4.78 is 38.9. The first kappa shape index (κ1) is 10.1. The summed E-state index contributed by atoms with van der Waals surface area (Å²) in [5.74, 6) is -1.34. The summed E-state index contributed by atoms with van der Waals surface area (Å²) in [6.07, 6.45) is -3.32. The van der Waals surface area contributed by atoms with E-state index in [9.17, 15) is 18.0 Å². The van der Waals surface area contributed by atoms with Gasteiger partial charge in [0.1, 0.15) is 11.2 Å². The molecule has 15 heavy (non-hydrogen) atoms. The summed E-state index contributed by atoms with van der Waals surface area (Å²) >= 11 is 0. The van der Waals surface area contributed by atoms with Gasteiger partial charge in [0.15, 0.2) is 0 Å². The van der Waals surface area contributed by atoms with Crippen LogP contribution in [0.15, 0.2) is 18.3 Å². The number of hydrogen-bond acceptors (Lipinski definition) is 1. The van der Waals surface area contributed by atoms with Crippen molar-refractivity contribution in [3.63, 3.8) is 0 Å². The van der Waals surface area contributed by atoms with Gasteiger partial charge in [-0.15, -0.1) is 0 Å². The van der Waals surface area contributed by atoms with Crippen LogP contribution in [-0.2, 0) is 5.54 Å². The van der Waals surface area contributed by atoms with Gasteiger partial charge in [0, 0.05) is 6.20 Å². The van der Waals surface area contributed by atoms with E-state index in [-0.39, 0.29) is 18.5 Å². The van der Waals surface area contributed by atoms with Crippen molar-refractivity contribution in [2.45, 2.75) is 24.6 Å². The second-order valence-corrected chi connectivity index (χ2v) is 3.60. The molecule has 0 spiro atoms. The first-order valence-corrected chi connectivity index (χ1v) is 4.36. The van der Waals surface area contributed by atoms with Crippen molar-refractivity contribution in [2.24, 2.45) is 0 Å². The fourth-order valence-electron chi connectivity index (χ4n) is 1.71. The minimum atomic E-state index is -4.39. The molecule has 1 aromatic heterocycles. The Kier molecular flexibility index (Phi) is 1.86. The molecule has 1 heterocycles. The number of nitrogens with zero attached hydrogens (tertiary/aromatic N) is 1. The molecule has 0 aromatic carbocycles. The summed E-state index contributed by atoms with van der Waals surface area (Å²) in [7, 11) is 0. The van der Waals surface area contributed by atoms with Crippen LogP contribution in [0.5, 0.6) is 0 Å². The highest BCUT2D eigenvalue weighted by Crippen LogP contribution is 2.55. The molecular weight excluding hydrogens is 211 g/mol. The molecule has 3 nitrogen and oxygen atoms in total. The van der Waals surface area contributed by atoms with E-state index in [1.165, 1.54) is 18.3 Å². The highest BCUT2D eigenvalue weighted by Gasteiger charge is 2.65. The average molecular weight is 219 g/mol. The van der Waals surface area contributed by atoms with Crippen molar-refractivity contribution < 1.29 is 23.1 Å². The van der Waals surface area contributed by atoms with Crippen LogP contribution >= 0.6 is 0 Å². The predicted molar refractivity (Wildman–Crippen MR) is 44.7 cm³/mol. The third-order valence-electron chi connectivity index (χ3n) is 2.68. The summed E-state index contributed by atoms with van der Waals surface area (Å²) in [5, 5.41) is 8.72. The summed E-state index contributed by atoms with van der Waals surface area (Å²) in [6, 6.07) is 2.49. The molecule has 1 N–H and O–H groups in total. The minimum absolute atomic E-state index is 0.0501. The zero-order chi connectivity index (χ0) is 11.3. The Balaban J connectivity index is 2.47. The van der Waals surface area contributed by atoms with Crippen LogP contribution in [0.4, 0.5) is 13.2 Å². The molecule has 0 radical (unpaired) electrons. The van der Waals surface area contributed by atoms with Gasteiger partial charge >= 0.3 is 12.1 Å². The number of carboxylic acids is 1. The first-order chi connectivity index (χ1) is 6.88. The molecule has 2 rings (SSSR count). The molecule has 6 heteroatoms. The van der Waals surface area contributed by atoms with E-state index in [1.54, 1.807) is 0 Å². The lowest BCUT2D eigenvalue weighted by Gasteiger charge is -2.22. The molecule has 1 aliphatic rings. The third kappa shape index (κ3) is 1.32. The van der Waals surface area contributed by atoms with E-state index in [0.29, 0.717) is 0 Å². The van der Waals surface area contributed by atoms with E-state index < -0.39 is 17.7 Å². The van der Waals surface area contributed by atoms with E-state index in [4.69, 9.17) is 5.11 Å². The van der Waals surface area contributed by atoms with Crippen LogP contribution in [0.3, 0.4) is 0 Å². The highest BCUT2D eigenvalue weighted by molar-refractivity contribution is 5.86. The predicted octanol–water partition coefficient (Wildman–Crippen LogP) is 2.24. The van der Waals surface area contributed by atoms with Gasteiger partial charge in [0.2, 0.25) is 0 Å². The Hall–Kier alpha value is -1.46. The molecule has 1 aliphatic carbocycles. The van der Waals surface area contributed by atoms with Crippen LogP contribution < -0.4 is 0 Å². The van der Waals surface area contributed by atoms with E-state index >= 15 is 0 Å². The minimum Gasteiger partial charge on any atom is -0.477 e. The largest absolute Gasteiger partial charge is 0.477 e. The number of carboxylic acid groups (broad SMARTS) is 1. The number of rotatable bonds is 2. The molecule has 0 amide bonds. The molecule has 0 bridgehead atoms. The van der Waals surface area contributed by atoms with Gasteiger partial charge in [-0.05, 0) is 25.0 Å². The van der Waals surface area contributed by atoms with Gasteiger partial charge < -0.3 is 9.67 Å². The Morgan fingerprint density at radius 2 is 2.07 bits per heavy atom. The second-order valence-electron chi connectivity index (χ2n) is 3.60. The molecule has 0 aliphatic heterocycles. The third-order valence-corrected chi connectivity index (χ3v) is 2.68. The van der Waals surface area contributed by atoms with Crippen LogP contribution in [0.2, 0.25) is 0 Å². The number of aromatic nitrogens is 1. The molecule has 0 saturated heterocycles. The molecular formula is C9H8F3NO2. The number of carbonyl (C=O) groups is 1. The standard InChI is InChI=1S/C9H8F3NO2/c10-9(11,12)8(3-4-8)13-5-1-2-6(13)7(14)15/h1-2,5H,3-4H2,(H,14,15). The van der Waals surface area contributed by atoms with Gasteiger partial charge in [0.05, 0.1) is 0 Å². The van der Waals surface area contributed by atoms with Crippen molar-refractivity contribution in [2.75, 3.05) is 0 Å². The smallest absolute Gasteiger partial charge is 0.411 e. The second kappa shape index (κ2) is 2.77. The Morgan fingerprint density at radius 3 is 2.47 bits per heavy atom. The van der Waals surface area contributed by atoms with Crippen LogP contribution in [0.1, 0.15) is 23.3 Å². The monoisotopic (exact) mass is 219 g/mol. The van der Waals surface area contributed by atoms with Crippen molar-refractivity contribution in [1.82, 2.24) is 4.57 Å². The number of aromatic carboxylic acids is 1. The number of halogens is 3. The van der Waals surface area contributed by atoms with Gasteiger partial charge in [0.25, 0.3) is 0 Å². The highest BCUT2D eigenvalue weighted by atomic mass is 19.4. The summed E-state index contributed by atoms with van der Waals surface area (Å²) in [5.41, 5.74) is -2.30. The van der Waals surface area contributed by atoms with Crippen LogP contribution in [0.25, 0.3) is 0 Å². The number of hydrogen-bond donors (Lipinski definition) is 1. The van der Waals surface area contributed by atoms with Gasteiger partial charge in [-0.1, -0.05) is 0 Å². The zero-order valence-electron chi connectivity index (χ0n) is 7.58. The lowest BCUT2D eigenvalue weighted by atomic mass is 10.2. The Bertz CT molecular complexity index is 404. The summed E-state index contributed by atoms with van der Waals surface area (Å²) in [4.78, 5) is 10.7. The van der Waals surface area contributed by atoms with E-state index in [2.05, 4.69) is 0 Å².